The highest BCUT2D eigenvalue weighted by Gasteiger charge is 2.16. The van der Waals surface area contributed by atoms with Crippen LogP contribution in [0, 0.1) is 6.92 Å². The summed E-state index contributed by atoms with van der Waals surface area (Å²) in [6.45, 7) is 2.12. The Morgan fingerprint density at radius 2 is 0.875 bits per heavy atom. The molecule has 0 unspecified atom stereocenters. The van der Waals surface area contributed by atoms with E-state index in [0.717, 1.165) is 11.5 Å². The minimum atomic E-state index is -0.604. The van der Waals surface area contributed by atoms with Crippen molar-refractivity contribution in [2.24, 2.45) is 0 Å². The van der Waals surface area contributed by atoms with Gasteiger partial charge < -0.3 is 9.47 Å². The van der Waals surface area contributed by atoms with Crippen molar-refractivity contribution in [1.29, 1.82) is 0 Å². The third-order valence-corrected chi connectivity index (χ3v) is 6.40. The van der Waals surface area contributed by atoms with E-state index in [1.54, 1.807) is 14.2 Å². The maximum atomic E-state index is 5.30. The van der Waals surface area contributed by atoms with E-state index in [0.29, 0.717) is 0 Å². The molecular weight excluding hydrogens is 315 g/mol. The Bertz CT molecular complexity index is 730. The molecule has 0 aromatic heterocycles. The molecule has 0 amide bonds. The second-order valence-corrected chi connectivity index (χ2v) is 7.79. The SMILES string of the molecule is COc1ccc(P(c2ccc(C)cc2)c2ccc(OC)cc2)cc1. The summed E-state index contributed by atoms with van der Waals surface area (Å²) < 4.78 is 10.6. The Morgan fingerprint density at radius 3 is 1.21 bits per heavy atom. The molecule has 0 bridgehead atoms. The van der Waals surface area contributed by atoms with E-state index in [1.807, 2.05) is 24.3 Å². The molecule has 0 atom stereocenters. The lowest BCUT2D eigenvalue weighted by Crippen LogP contribution is -2.20. The molecule has 0 fully saturated rings. The van der Waals surface area contributed by atoms with E-state index in [2.05, 4.69) is 55.5 Å². The normalized spacial score (nSPS) is 10.7. The van der Waals surface area contributed by atoms with Crippen molar-refractivity contribution in [3.05, 3.63) is 78.4 Å². The fraction of sp³-hybridized carbons (Fsp3) is 0.143. The molecule has 0 radical (unpaired) electrons. The number of hydrogen-bond acceptors (Lipinski definition) is 2. The number of benzene rings is 3. The van der Waals surface area contributed by atoms with Gasteiger partial charge in [0.2, 0.25) is 0 Å². The highest BCUT2D eigenvalue weighted by molar-refractivity contribution is 7.79. The molecule has 0 saturated heterocycles. The standard InChI is InChI=1S/C21H21O2P/c1-16-4-10-19(11-5-16)24(20-12-6-17(22-2)7-13-20)21-14-8-18(23-3)9-15-21/h4-15H,1-3H3. The summed E-state index contributed by atoms with van der Waals surface area (Å²) in [5.41, 5.74) is 1.28. The maximum absolute atomic E-state index is 5.30. The first kappa shape index (κ1) is 16.5. The third-order valence-electron chi connectivity index (χ3n) is 3.95. The number of rotatable bonds is 5. The highest BCUT2D eigenvalue weighted by atomic mass is 31.1. The first-order valence-corrected chi connectivity index (χ1v) is 9.20. The van der Waals surface area contributed by atoms with Crippen LogP contribution in [0.15, 0.2) is 72.8 Å². The van der Waals surface area contributed by atoms with Gasteiger partial charge in [0, 0.05) is 0 Å². The van der Waals surface area contributed by atoms with Gasteiger partial charge >= 0.3 is 0 Å². The lowest BCUT2D eigenvalue weighted by Gasteiger charge is -2.20. The van der Waals surface area contributed by atoms with E-state index in [1.165, 1.54) is 21.5 Å². The van der Waals surface area contributed by atoms with Crippen LogP contribution in [0.1, 0.15) is 5.56 Å². The zero-order valence-corrected chi connectivity index (χ0v) is 15.1. The van der Waals surface area contributed by atoms with Crippen LogP contribution in [0.2, 0.25) is 0 Å². The molecule has 3 heteroatoms. The molecule has 2 nitrogen and oxygen atoms in total. The van der Waals surface area contributed by atoms with Crippen LogP contribution in [0.3, 0.4) is 0 Å². The summed E-state index contributed by atoms with van der Waals surface area (Å²) in [5, 5.41) is 3.95. The largest absolute Gasteiger partial charge is 0.497 e. The topological polar surface area (TPSA) is 18.5 Å². The highest BCUT2D eigenvalue weighted by Crippen LogP contribution is 2.34. The molecule has 3 aromatic carbocycles. The summed E-state index contributed by atoms with van der Waals surface area (Å²) in [6, 6.07) is 25.6. The second kappa shape index (κ2) is 7.51. The van der Waals surface area contributed by atoms with Gasteiger partial charge in [-0.2, -0.15) is 0 Å². The minimum Gasteiger partial charge on any atom is -0.497 e. The summed E-state index contributed by atoms with van der Waals surface area (Å²) in [4.78, 5) is 0. The molecule has 24 heavy (non-hydrogen) atoms. The minimum absolute atomic E-state index is 0.604. The predicted octanol–water partition coefficient (Wildman–Crippen LogP) is 3.77. The first-order chi connectivity index (χ1) is 11.7. The Hall–Kier alpha value is -2.31. The Labute approximate surface area is 144 Å². The quantitative estimate of drug-likeness (QED) is 0.660. The maximum Gasteiger partial charge on any atom is 0.118 e. The van der Waals surface area contributed by atoms with Crippen molar-refractivity contribution >= 4 is 23.8 Å². The summed E-state index contributed by atoms with van der Waals surface area (Å²) in [5.74, 6) is 1.76. The molecule has 0 spiro atoms. The van der Waals surface area contributed by atoms with E-state index in [4.69, 9.17) is 9.47 Å². The Kier molecular flexibility index (Phi) is 5.17. The molecular formula is C21H21O2P. The number of hydrogen-bond donors (Lipinski definition) is 0. The summed E-state index contributed by atoms with van der Waals surface area (Å²) in [7, 11) is 2.79. The average molecular weight is 336 g/mol. The van der Waals surface area contributed by atoms with Crippen molar-refractivity contribution in [1.82, 2.24) is 0 Å². The monoisotopic (exact) mass is 336 g/mol. The van der Waals surface area contributed by atoms with Gasteiger partial charge in [-0.05, 0) is 55.0 Å². The summed E-state index contributed by atoms with van der Waals surface area (Å²) >= 11 is 0. The molecule has 0 heterocycles. The zero-order valence-electron chi connectivity index (χ0n) is 14.2. The van der Waals surface area contributed by atoms with Crippen molar-refractivity contribution in [2.75, 3.05) is 14.2 Å². The van der Waals surface area contributed by atoms with Crippen molar-refractivity contribution in [2.45, 2.75) is 6.92 Å². The average Bonchev–Trinajstić information content (AvgIpc) is 2.64. The van der Waals surface area contributed by atoms with Crippen LogP contribution >= 0.6 is 7.92 Å². The van der Waals surface area contributed by atoms with Crippen LogP contribution in [-0.2, 0) is 0 Å². The van der Waals surface area contributed by atoms with Gasteiger partial charge in [0.25, 0.3) is 0 Å². The molecule has 0 aliphatic rings. The lowest BCUT2D eigenvalue weighted by molar-refractivity contribution is 0.415. The van der Waals surface area contributed by atoms with Gasteiger partial charge in [-0.1, -0.05) is 54.1 Å². The Morgan fingerprint density at radius 1 is 0.542 bits per heavy atom. The number of methoxy groups -OCH3 is 2. The smallest absolute Gasteiger partial charge is 0.118 e. The third kappa shape index (κ3) is 3.60. The molecule has 3 rings (SSSR count). The Balaban J connectivity index is 2.06. The number of ether oxygens (including phenoxy) is 2. The fourth-order valence-electron chi connectivity index (χ4n) is 2.60. The van der Waals surface area contributed by atoms with Gasteiger partial charge in [-0.15, -0.1) is 0 Å². The van der Waals surface area contributed by atoms with Crippen molar-refractivity contribution in [3.63, 3.8) is 0 Å². The molecule has 0 N–H and O–H groups in total. The van der Waals surface area contributed by atoms with Gasteiger partial charge in [0.15, 0.2) is 0 Å². The van der Waals surface area contributed by atoms with Gasteiger partial charge in [0.1, 0.15) is 11.5 Å². The molecule has 3 aromatic rings. The summed E-state index contributed by atoms with van der Waals surface area (Å²) in [6.07, 6.45) is 0. The van der Waals surface area contributed by atoms with E-state index < -0.39 is 7.92 Å². The van der Waals surface area contributed by atoms with Crippen molar-refractivity contribution < 1.29 is 9.47 Å². The molecule has 0 aliphatic carbocycles. The van der Waals surface area contributed by atoms with E-state index in [9.17, 15) is 0 Å². The second-order valence-electron chi connectivity index (χ2n) is 5.57. The van der Waals surface area contributed by atoms with Crippen LogP contribution in [0.4, 0.5) is 0 Å². The van der Waals surface area contributed by atoms with E-state index >= 15 is 0 Å². The van der Waals surface area contributed by atoms with Crippen molar-refractivity contribution in [3.8, 4) is 11.5 Å². The van der Waals surface area contributed by atoms with Gasteiger partial charge in [-0.3, -0.25) is 0 Å². The molecule has 122 valence electrons. The van der Waals surface area contributed by atoms with Crippen LogP contribution in [0.25, 0.3) is 0 Å². The van der Waals surface area contributed by atoms with E-state index in [-0.39, 0.29) is 0 Å². The fourth-order valence-corrected chi connectivity index (χ4v) is 4.84. The van der Waals surface area contributed by atoms with Crippen LogP contribution in [0.5, 0.6) is 11.5 Å². The zero-order chi connectivity index (χ0) is 16.9. The molecule has 0 saturated carbocycles. The van der Waals surface area contributed by atoms with Crippen LogP contribution < -0.4 is 25.4 Å². The van der Waals surface area contributed by atoms with Gasteiger partial charge in [0.05, 0.1) is 14.2 Å². The predicted molar refractivity (Wildman–Crippen MR) is 103 cm³/mol. The number of aryl methyl sites for hydroxylation is 1. The van der Waals surface area contributed by atoms with Crippen LogP contribution in [-0.4, -0.2) is 14.2 Å². The molecule has 0 aliphatic heterocycles. The van der Waals surface area contributed by atoms with Gasteiger partial charge in [-0.25, -0.2) is 0 Å². The lowest BCUT2D eigenvalue weighted by atomic mass is 10.2. The first-order valence-electron chi connectivity index (χ1n) is 7.86.